The van der Waals surface area contributed by atoms with Crippen molar-refractivity contribution in [2.75, 3.05) is 14.2 Å². The molecule has 0 bridgehead atoms. The number of para-hydroxylation sites is 1. The van der Waals surface area contributed by atoms with Gasteiger partial charge in [-0.15, -0.1) is 0 Å². The predicted octanol–water partition coefficient (Wildman–Crippen LogP) is 5.52. The third-order valence-corrected chi connectivity index (χ3v) is 4.39. The summed E-state index contributed by atoms with van der Waals surface area (Å²) >= 11 is 0. The Kier molecular flexibility index (Phi) is 4.55. The molecular weight excluding hydrogens is 336 g/mol. The van der Waals surface area contributed by atoms with E-state index in [1.165, 1.54) is 0 Å². The molecule has 3 heteroatoms. The predicted molar refractivity (Wildman–Crippen MR) is 107 cm³/mol. The van der Waals surface area contributed by atoms with Crippen LogP contribution in [-0.2, 0) is 0 Å². The number of benzene rings is 3. The molecule has 4 aromatic rings. The summed E-state index contributed by atoms with van der Waals surface area (Å²) in [6.07, 6.45) is 1.79. The van der Waals surface area contributed by atoms with E-state index in [1.807, 2.05) is 54.6 Å². The van der Waals surface area contributed by atoms with E-state index < -0.39 is 0 Å². The Labute approximate surface area is 158 Å². The lowest BCUT2D eigenvalue weighted by Crippen LogP contribution is -1.89. The van der Waals surface area contributed by atoms with Crippen LogP contribution in [0.4, 0.5) is 0 Å². The van der Waals surface area contributed by atoms with Crippen molar-refractivity contribution in [3.8, 4) is 34.5 Å². The summed E-state index contributed by atoms with van der Waals surface area (Å²) in [6.45, 7) is 0. The van der Waals surface area contributed by atoms with Gasteiger partial charge >= 0.3 is 0 Å². The van der Waals surface area contributed by atoms with E-state index in [9.17, 15) is 0 Å². The van der Waals surface area contributed by atoms with E-state index in [0.717, 1.165) is 33.2 Å². The monoisotopic (exact) mass is 354 g/mol. The third-order valence-electron chi connectivity index (χ3n) is 4.39. The van der Waals surface area contributed by atoms with Gasteiger partial charge in [-0.25, -0.2) is 0 Å². The van der Waals surface area contributed by atoms with Crippen molar-refractivity contribution < 1.29 is 13.9 Å². The number of hydrogen-bond donors (Lipinski definition) is 0. The molecule has 0 spiro atoms. The van der Waals surface area contributed by atoms with Gasteiger partial charge in [0.25, 0.3) is 0 Å². The van der Waals surface area contributed by atoms with Crippen LogP contribution in [0.3, 0.4) is 0 Å². The number of hydrogen-bond acceptors (Lipinski definition) is 3. The molecule has 3 nitrogen and oxygen atoms in total. The first-order valence-corrected chi connectivity index (χ1v) is 8.59. The van der Waals surface area contributed by atoms with Crippen LogP contribution in [0, 0.1) is 11.8 Å². The summed E-state index contributed by atoms with van der Waals surface area (Å²) < 4.78 is 16.3. The highest BCUT2D eigenvalue weighted by Gasteiger charge is 2.10. The van der Waals surface area contributed by atoms with Crippen molar-refractivity contribution >= 4 is 11.0 Å². The average molecular weight is 354 g/mol. The molecule has 0 atom stereocenters. The Morgan fingerprint density at radius 3 is 2.22 bits per heavy atom. The fraction of sp³-hybridized carbons (Fsp3) is 0.0833. The van der Waals surface area contributed by atoms with Crippen molar-refractivity contribution in [1.29, 1.82) is 0 Å². The summed E-state index contributed by atoms with van der Waals surface area (Å²) in [5.41, 5.74) is 4.72. The van der Waals surface area contributed by atoms with E-state index in [0.29, 0.717) is 11.5 Å². The fourth-order valence-electron chi connectivity index (χ4n) is 3.03. The van der Waals surface area contributed by atoms with Gasteiger partial charge in [0.05, 0.1) is 20.5 Å². The second-order valence-corrected chi connectivity index (χ2v) is 6.04. The van der Waals surface area contributed by atoms with Gasteiger partial charge in [-0.2, -0.15) is 0 Å². The highest BCUT2D eigenvalue weighted by Crippen LogP contribution is 2.32. The maximum absolute atomic E-state index is 5.70. The maximum Gasteiger partial charge on any atom is 0.134 e. The first-order chi connectivity index (χ1) is 13.3. The fourth-order valence-corrected chi connectivity index (χ4v) is 3.03. The summed E-state index contributed by atoms with van der Waals surface area (Å²) in [5.74, 6) is 7.93. The molecule has 1 aromatic heterocycles. The second-order valence-electron chi connectivity index (χ2n) is 6.04. The quantitative estimate of drug-likeness (QED) is 0.454. The van der Waals surface area contributed by atoms with Crippen molar-refractivity contribution in [3.05, 3.63) is 84.1 Å². The van der Waals surface area contributed by atoms with Crippen LogP contribution in [-0.4, -0.2) is 14.2 Å². The molecule has 0 amide bonds. The summed E-state index contributed by atoms with van der Waals surface area (Å²) in [7, 11) is 3.26. The molecule has 27 heavy (non-hydrogen) atoms. The molecule has 3 aromatic carbocycles. The summed E-state index contributed by atoms with van der Waals surface area (Å²) in [6, 6.07) is 21.7. The van der Waals surface area contributed by atoms with E-state index in [4.69, 9.17) is 13.9 Å². The van der Waals surface area contributed by atoms with Gasteiger partial charge in [0.1, 0.15) is 17.1 Å². The largest absolute Gasteiger partial charge is 0.497 e. The zero-order valence-corrected chi connectivity index (χ0v) is 15.2. The van der Waals surface area contributed by atoms with Gasteiger partial charge in [0, 0.05) is 33.7 Å². The normalized spacial score (nSPS) is 10.3. The van der Waals surface area contributed by atoms with Crippen molar-refractivity contribution in [3.63, 3.8) is 0 Å². The number of methoxy groups -OCH3 is 2. The maximum atomic E-state index is 5.70. The van der Waals surface area contributed by atoms with Gasteiger partial charge < -0.3 is 13.9 Å². The Morgan fingerprint density at radius 2 is 1.44 bits per heavy atom. The van der Waals surface area contributed by atoms with Crippen molar-refractivity contribution in [1.82, 2.24) is 0 Å². The second kappa shape index (κ2) is 7.31. The molecule has 0 N–H and O–H groups in total. The van der Waals surface area contributed by atoms with Crippen LogP contribution in [0.1, 0.15) is 11.1 Å². The SMILES string of the molecule is COc1cc(C#Cc2ccccc2-c2coc3ccccc23)cc(OC)c1. The minimum atomic E-state index is 0.716. The van der Waals surface area contributed by atoms with Gasteiger partial charge in [-0.05, 0) is 24.3 Å². The van der Waals surface area contributed by atoms with Crippen LogP contribution in [0.5, 0.6) is 11.5 Å². The molecule has 0 aliphatic carbocycles. The van der Waals surface area contributed by atoms with E-state index >= 15 is 0 Å². The molecule has 0 unspecified atom stereocenters. The molecule has 1 heterocycles. The standard InChI is InChI=1S/C24H18O3/c1-25-19-13-17(14-20(15-19)26-2)11-12-18-7-3-4-8-21(18)23-16-27-24-10-6-5-9-22(23)24/h3-10,13-16H,1-2H3. The Bertz CT molecular complexity index is 1140. The van der Waals surface area contributed by atoms with Crippen LogP contribution < -0.4 is 9.47 Å². The number of ether oxygens (including phenoxy) is 2. The molecule has 132 valence electrons. The topological polar surface area (TPSA) is 31.6 Å². The van der Waals surface area contributed by atoms with Gasteiger partial charge in [-0.3, -0.25) is 0 Å². The first kappa shape index (κ1) is 16.8. The zero-order chi connectivity index (χ0) is 18.6. The number of rotatable bonds is 3. The Balaban J connectivity index is 1.79. The smallest absolute Gasteiger partial charge is 0.134 e. The molecule has 0 radical (unpaired) electrons. The van der Waals surface area contributed by atoms with Crippen LogP contribution in [0.15, 0.2) is 77.4 Å². The molecule has 0 fully saturated rings. The van der Waals surface area contributed by atoms with E-state index in [2.05, 4.69) is 24.0 Å². The lowest BCUT2D eigenvalue weighted by atomic mass is 9.99. The van der Waals surface area contributed by atoms with E-state index in [-0.39, 0.29) is 0 Å². The van der Waals surface area contributed by atoms with Crippen LogP contribution in [0.2, 0.25) is 0 Å². The molecule has 0 saturated carbocycles. The van der Waals surface area contributed by atoms with Crippen LogP contribution in [0.25, 0.3) is 22.1 Å². The Hall–Kier alpha value is -3.64. The highest BCUT2D eigenvalue weighted by atomic mass is 16.5. The molecule has 0 saturated heterocycles. The van der Waals surface area contributed by atoms with Crippen LogP contribution >= 0.6 is 0 Å². The van der Waals surface area contributed by atoms with Gasteiger partial charge in [0.15, 0.2) is 0 Å². The molecular formula is C24H18O3. The minimum absolute atomic E-state index is 0.716. The Morgan fingerprint density at radius 1 is 0.741 bits per heavy atom. The lowest BCUT2D eigenvalue weighted by Gasteiger charge is -2.05. The molecule has 0 aliphatic heterocycles. The summed E-state index contributed by atoms with van der Waals surface area (Å²) in [4.78, 5) is 0. The highest BCUT2D eigenvalue weighted by molar-refractivity contribution is 5.95. The van der Waals surface area contributed by atoms with E-state index in [1.54, 1.807) is 20.5 Å². The third kappa shape index (κ3) is 3.38. The van der Waals surface area contributed by atoms with Crippen molar-refractivity contribution in [2.45, 2.75) is 0 Å². The first-order valence-electron chi connectivity index (χ1n) is 8.59. The number of fused-ring (bicyclic) bond motifs is 1. The molecule has 4 rings (SSSR count). The lowest BCUT2D eigenvalue weighted by molar-refractivity contribution is 0.394. The van der Waals surface area contributed by atoms with Gasteiger partial charge in [-0.1, -0.05) is 48.2 Å². The minimum Gasteiger partial charge on any atom is -0.497 e. The number of furan rings is 1. The average Bonchev–Trinajstić information content (AvgIpc) is 3.16. The van der Waals surface area contributed by atoms with Crippen molar-refractivity contribution in [2.24, 2.45) is 0 Å². The summed E-state index contributed by atoms with van der Waals surface area (Å²) in [5, 5.41) is 1.08. The zero-order valence-electron chi connectivity index (χ0n) is 15.2. The molecule has 0 aliphatic rings. The van der Waals surface area contributed by atoms with Gasteiger partial charge in [0.2, 0.25) is 0 Å².